The lowest BCUT2D eigenvalue weighted by Crippen LogP contribution is -2.41. The third-order valence-corrected chi connectivity index (χ3v) is 7.71. The molecule has 0 radical (unpaired) electrons. The number of benzene rings is 1. The van der Waals surface area contributed by atoms with E-state index in [1.165, 1.54) is 11.4 Å². The zero-order chi connectivity index (χ0) is 24.0. The van der Waals surface area contributed by atoms with Crippen LogP contribution in [0.25, 0.3) is 28.0 Å². The van der Waals surface area contributed by atoms with Crippen molar-refractivity contribution in [1.29, 1.82) is 0 Å². The molecule has 10 heteroatoms. The highest BCUT2D eigenvalue weighted by molar-refractivity contribution is 7.91. The van der Waals surface area contributed by atoms with Crippen molar-refractivity contribution in [1.82, 2.24) is 19.6 Å². The summed E-state index contributed by atoms with van der Waals surface area (Å²) in [5.74, 6) is 0.329. The number of nitrogens with zero attached hydrogens (tertiary/aromatic N) is 5. The number of pyridine rings is 1. The van der Waals surface area contributed by atoms with E-state index >= 15 is 0 Å². The Morgan fingerprint density at radius 1 is 1.06 bits per heavy atom. The molecule has 174 valence electrons. The highest BCUT2D eigenvalue weighted by atomic mass is 32.2. The van der Waals surface area contributed by atoms with Gasteiger partial charge in [0.15, 0.2) is 21.3 Å². The first-order valence-corrected chi connectivity index (χ1v) is 12.7. The highest BCUT2D eigenvalue weighted by Crippen LogP contribution is 2.33. The predicted molar refractivity (Wildman–Crippen MR) is 132 cm³/mol. The van der Waals surface area contributed by atoms with Crippen molar-refractivity contribution in [2.45, 2.75) is 13.8 Å². The summed E-state index contributed by atoms with van der Waals surface area (Å²) in [6, 6.07) is 12.0. The number of ketones is 1. The maximum atomic E-state index is 12.5. The van der Waals surface area contributed by atoms with Crippen LogP contribution in [-0.4, -0.2) is 58.4 Å². The number of Topliss-reactive ketones (excluding diaryl/α,β-unsaturated/α-hetero) is 1. The second-order valence-electron chi connectivity index (χ2n) is 8.44. The molecule has 5 rings (SSSR count). The minimum Gasteiger partial charge on any atom is -0.383 e. The number of hydrogen-bond donors (Lipinski definition) is 1. The number of hydrogen-bond acceptors (Lipinski definition) is 8. The van der Waals surface area contributed by atoms with Crippen LogP contribution in [0.5, 0.6) is 0 Å². The third kappa shape index (κ3) is 3.79. The van der Waals surface area contributed by atoms with Gasteiger partial charge in [-0.15, -0.1) is 0 Å². The summed E-state index contributed by atoms with van der Waals surface area (Å²) in [6.45, 7) is 3.92. The molecule has 1 fully saturated rings. The molecule has 0 atom stereocenters. The van der Waals surface area contributed by atoms with Gasteiger partial charge in [0.2, 0.25) is 0 Å². The summed E-state index contributed by atoms with van der Waals surface area (Å²) >= 11 is 0. The molecule has 0 spiro atoms. The molecule has 1 aromatic carbocycles. The Kier molecular flexibility index (Phi) is 5.32. The van der Waals surface area contributed by atoms with E-state index in [-0.39, 0.29) is 41.8 Å². The van der Waals surface area contributed by atoms with Gasteiger partial charge >= 0.3 is 0 Å². The van der Waals surface area contributed by atoms with Gasteiger partial charge in [0.05, 0.1) is 23.4 Å². The summed E-state index contributed by atoms with van der Waals surface area (Å²) in [4.78, 5) is 23.7. The van der Waals surface area contributed by atoms with Crippen molar-refractivity contribution in [2.24, 2.45) is 0 Å². The van der Waals surface area contributed by atoms with Crippen LogP contribution in [-0.2, 0) is 9.84 Å². The lowest BCUT2D eigenvalue weighted by Gasteiger charge is -2.29. The first-order chi connectivity index (χ1) is 16.2. The first-order valence-electron chi connectivity index (χ1n) is 10.9. The average molecular weight is 477 g/mol. The molecule has 3 aromatic heterocycles. The topological polar surface area (TPSA) is 124 Å². The molecule has 0 unspecified atom stereocenters. The van der Waals surface area contributed by atoms with E-state index < -0.39 is 9.84 Å². The maximum Gasteiger partial charge on any atom is 0.167 e. The van der Waals surface area contributed by atoms with Crippen LogP contribution >= 0.6 is 0 Å². The van der Waals surface area contributed by atoms with Gasteiger partial charge in [-0.25, -0.2) is 13.4 Å². The van der Waals surface area contributed by atoms with Crippen LogP contribution in [0.3, 0.4) is 0 Å². The number of nitrogen functional groups attached to an aromatic ring is 1. The first kappa shape index (κ1) is 22.0. The smallest absolute Gasteiger partial charge is 0.167 e. The van der Waals surface area contributed by atoms with Gasteiger partial charge in [-0.3, -0.25) is 9.78 Å². The Morgan fingerprint density at radius 2 is 1.76 bits per heavy atom. The molecule has 1 aliphatic heterocycles. The van der Waals surface area contributed by atoms with E-state index in [1.807, 2.05) is 48.2 Å². The number of aryl methyl sites for hydroxylation is 1. The molecule has 1 saturated heterocycles. The number of nitrogens with two attached hydrogens (primary N) is 1. The van der Waals surface area contributed by atoms with E-state index in [0.717, 1.165) is 27.9 Å². The quantitative estimate of drug-likeness (QED) is 0.446. The maximum absolute atomic E-state index is 12.5. The third-order valence-electron chi connectivity index (χ3n) is 6.10. The minimum atomic E-state index is -3.09. The van der Waals surface area contributed by atoms with Crippen molar-refractivity contribution in [3.63, 3.8) is 0 Å². The summed E-state index contributed by atoms with van der Waals surface area (Å²) in [6.07, 6.45) is 3.43. The Morgan fingerprint density at radius 3 is 2.41 bits per heavy atom. The van der Waals surface area contributed by atoms with Crippen molar-refractivity contribution >= 4 is 32.9 Å². The minimum absolute atomic E-state index is 0.00723. The number of carbonyl (C=O) groups excluding carboxylic acids is 1. The SMILES string of the molecule is CC(=O)c1c(N2CCS(=O)(=O)CC2)nc2c(-c3cnc(-c4ccccc4)c(C)c3)cnn2c1N. The molecule has 0 saturated carbocycles. The van der Waals surface area contributed by atoms with E-state index in [9.17, 15) is 13.2 Å². The van der Waals surface area contributed by atoms with Gasteiger partial charge in [0.25, 0.3) is 0 Å². The summed E-state index contributed by atoms with van der Waals surface area (Å²) in [5, 5.41) is 4.39. The molecular weight excluding hydrogens is 452 g/mol. The molecule has 0 bridgehead atoms. The van der Waals surface area contributed by atoms with E-state index in [4.69, 9.17) is 10.7 Å². The fourth-order valence-corrected chi connectivity index (χ4v) is 5.52. The summed E-state index contributed by atoms with van der Waals surface area (Å²) in [7, 11) is -3.09. The molecule has 4 aromatic rings. The number of fused-ring (bicyclic) bond motifs is 1. The second kappa shape index (κ2) is 8.21. The number of carbonyl (C=O) groups is 1. The van der Waals surface area contributed by atoms with Crippen molar-refractivity contribution in [2.75, 3.05) is 35.2 Å². The average Bonchev–Trinajstić information content (AvgIpc) is 3.23. The molecule has 34 heavy (non-hydrogen) atoms. The van der Waals surface area contributed by atoms with Crippen molar-refractivity contribution < 1.29 is 13.2 Å². The van der Waals surface area contributed by atoms with Crippen molar-refractivity contribution in [3.8, 4) is 22.4 Å². The van der Waals surface area contributed by atoms with E-state index in [2.05, 4.69) is 10.1 Å². The Labute approximate surface area is 197 Å². The zero-order valence-electron chi connectivity index (χ0n) is 18.9. The monoisotopic (exact) mass is 476 g/mol. The largest absolute Gasteiger partial charge is 0.383 e. The lowest BCUT2D eigenvalue weighted by molar-refractivity contribution is 0.101. The molecule has 0 amide bonds. The zero-order valence-corrected chi connectivity index (χ0v) is 19.7. The van der Waals surface area contributed by atoms with Crippen molar-refractivity contribution in [3.05, 3.63) is 59.9 Å². The number of sulfone groups is 1. The fraction of sp³-hybridized carbons (Fsp3) is 0.250. The van der Waals surface area contributed by atoms with E-state index in [0.29, 0.717) is 11.5 Å². The molecule has 4 heterocycles. The van der Waals surface area contributed by atoms with Crippen LogP contribution in [0.15, 0.2) is 48.8 Å². The van der Waals surface area contributed by atoms with Gasteiger partial charge in [-0.2, -0.15) is 9.61 Å². The number of aromatic nitrogens is 4. The Bertz CT molecular complexity index is 1520. The lowest BCUT2D eigenvalue weighted by atomic mass is 10.0. The summed E-state index contributed by atoms with van der Waals surface area (Å²) in [5.41, 5.74) is 11.6. The van der Waals surface area contributed by atoms with Crippen LogP contribution in [0.4, 0.5) is 11.6 Å². The van der Waals surface area contributed by atoms with Crippen LogP contribution < -0.4 is 10.6 Å². The molecule has 9 nitrogen and oxygen atoms in total. The Hall–Kier alpha value is -3.79. The fourth-order valence-electron chi connectivity index (χ4n) is 4.32. The number of rotatable bonds is 4. The summed E-state index contributed by atoms with van der Waals surface area (Å²) < 4.78 is 25.3. The Balaban J connectivity index is 1.63. The molecule has 0 aliphatic carbocycles. The molecule has 1 aliphatic rings. The van der Waals surface area contributed by atoms with Crippen LogP contribution in [0.1, 0.15) is 22.8 Å². The van der Waals surface area contributed by atoms with Gasteiger partial charge in [0.1, 0.15) is 17.2 Å². The van der Waals surface area contributed by atoms with Gasteiger partial charge in [-0.1, -0.05) is 30.3 Å². The highest BCUT2D eigenvalue weighted by Gasteiger charge is 2.28. The standard InChI is InChI=1S/C24H24N6O3S/c1-15-12-18(13-26-21(15)17-6-4-3-5-7-17)19-14-27-30-22(25)20(16(2)31)24(28-23(19)30)29-8-10-34(32,33)11-9-29/h3-7,12-14H,8-11,25H2,1-2H3. The molecular formula is C24H24N6O3S. The van der Waals surface area contributed by atoms with Crippen LogP contribution in [0, 0.1) is 6.92 Å². The predicted octanol–water partition coefficient (Wildman–Crippen LogP) is 2.79. The second-order valence-corrected chi connectivity index (χ2v) is 10.7. The number of anilines is 2. The normalized spacial score (nSPS) is 15.5. The van der Waals surface area contributed by atoms with E-state index in [1.54, 1.807) is 12.4 Å². The molecule has 2 N–H and O–H groups in total. The van der Waals surface area contributed by atoms with Gasteiger partial charge in [-0.05, 0) is 25.5 Å². The van der Waals surface area contributed by atoms with Gasteiger partial charge < -0.3 is 10.6 Å². The van der Waals surface area contributed by atoms with Gasteiger partial charge in [0, 0.05) is 36.0 Å². The van der Waals surface area contributed by atoms with Crippen LogP contribution in [0.2, 0.25) is 0 Å².